The number of aryl methyl sites for hydroxylation is 1. The van der Waals surface area contributed by atoms with Crippen molar-refractivity contribution < 1.29 is 13.9 Å². The molecule has 9 nitrogen and oxygen atoms in total. The van der Waals surface area contributed by atoms with Gasteiger partial charge < -0.3 is 10.5 Å². The van der Waals surface area contributed by atoms with Crippen LogP contribution in [0.2, 0.25) is 5.02 Å². The smallest absolute Gasteiger partial charge is 0.350 e. The summed E-state index contributed by atoms with van der Waals surface area (Å²) >= 11 is 6.86. The Kier molecular flexibility index (Phi) is 5.53. The van der Waals surface area contributed by atoms with Crippen LogP contribution in [0.15, 0.2) is 47.7 Å². The van der Waals surface area contributed by atoms with E-state index in [1.54, 1.807) is 25.3 Å². The monoisotopic (exact) mass is 460 g/mol. The summed E-state index contributed by atoms with van der Waals surface area (Å²) in [5.41, 5.74) is 5.94. The highest BCUT2D eigenvalue weighted by Gasteiger charge is 2.16. The van der Waals surface area contributed by atoms with Crippen molar-refractivity contribution in [2.75, 3.05) is 0 Å². The van der Waals surface area contributed by atoms with E-state index in [0.717, 1.165) is 22.1 Å². The van der Waals surface area contributed by atoms with Crippen molar-refractivity contribution in [2.45, 2.75) is 13.5 Å². The van der Waals surface area contributed by atoms with Crippen molar-refractivity contribution in [3.8, 4) is 16.5 Å². The van der Waals surface area contributed by atoms with Crippen LogP contribution in [0.1, 0.15) is 21.2 Å². The molecule has 0 atom stereocenters. The Morgan fingerprint density at radius 2 is 2.13 bits per heavy atom. The number of carbonyl (C=O) groups excluding carboxylic acids is 1. The minimum atomic E-state index is -0.719. The van der Waals surface area contributed by atoms with Gasteiger partial charge in [-0.05, 0) is 31.2 Å². The van der Waals surface area contributed by atoms with E-state index in [2.05, 4.69) is 15.1 Å². The maximum Gasteiger partial charge on any atom is 0.350 e. The van der Waals surface area contributed by atoms with Crippen LogP contribution in [0.25, 0.3) is 5.69 Å². The van der Waals surface area contributed by atoms with Gasteiger partial charge in [-0.15, -0.1) is 0 Å². The van der Waals surface area contributed by atoms with Crippen LogP contribution in [-0.4, -0.2) is 30.2 Å². The Balaban J connectivity index is 1.58. The van der Waals surface area contributed by atoms with Crippen LogP contribution >= 0.6 is 22.9 Å². The SMILES string of the molecule is Cc1nc(C(N)=O)sc1Oc1ccc(-n2ncn(Cc3cc(Cl)ccn3)c2=O)cc1F. The van der Waals surface area contributed by atoms with E-state index in [1.165, 1.54) is 23.0 Å². The molecular weight excluding hydrogens is 447 g/mol. The maximum absolute atomic E-state index is 14.6. The third-order valence-electron chi connectivity index (χ3n) is 4.17. The Morgan fingerprint density at radius 3 is 2.81 bits per heavy atom. The molecule has 158 valence electrons. The second-order valence-electron chi connectivity index (χ2n) is 6.39. The Morgan fingerprint density at radius 1 is 1.32 bits per heavy atom. The summed E-state index contributed by atoms with van der Waals surface area (Å²) in [7, 11) is 0. The van der Waals surface area contributed by atoms with Gasteiger partial charge in [0.05, 0.1) is 23.6 Å². The number of hydrogen-bond donors (Lipinski definition) is 1. The number of pyridine rings is 1. The lowest BCUT2D eigenvalue weighted by atomic mass is 10.3. The molecule has 0 saturated carbocycles. The molecule has 2 N–H and O–H groups in total. The lowest BCUT2D eigenvalue weighted by molar-refractivity contribution is 0.1000. The van der Waals surface area contributed by atoms with Gasteiger partial charge in [0.1, 0.15) is 6.33 Å². The number of aromatic nitrogens is 5. The van der Waals surface area contributed by atoms with Gasteiger partial charge in [0.25, 0.3) is 5.91 Å². The average molecular weight is 461 g/mol. The minimum Gasteiger partial charge on any atom is -0.442 e. The summed E-state index contributed by atoms with van der Waals surface area (Å²) < 4.78 is 22.6. The number of primary amides is 1. The quantitative estimate of drug-likeness (QED) is 0.472. The fraction of sp³-hybridized carbons (Fsp3) is 0.105. The van der Waals surface area contributed by atoms with Crippen molar-refractivity contribution in [3.63, 3.8) is 0 Å². The zero-order chi connectivity index (χ0) is 22.1. The predicted octanol–water partition coefficient (Wildman–Crippen LogP) is 2.93. The molecule has 12 heteroatoms. The third-order valence-corrected chi connectivity index (χ3v) is 5.46. The highest BCUT2D eigenvalue weighted by Crippen LogP contribution is 2.33. The number of carbonyl (C=O) groups is 1. The minimum absolute atomic E-state index is 0.0656. The van der Waals surface area contributed by atoms with E-state index in [9.17, 15) is 14.0 Å². The van der Waals surface area contributed by atoms with Crippen molar-refractivity contribution in [1.29, 1.82) is 0 Å². The summed E-state index contributed by atoms with van der Waals surface area (Å²) in [6.45, 7) is 1.78. The number of halogens is 2. The molecule has 0 saturated heterocycles. The summed E-state index contributed by atoms with van der Waals surface area (Å²) in [5, 5.41) is 4.85. The number of ether oxygens (including phenoxy) is 1. The van der Waals surface area contributed by atoms with Gasteiger partial charge in [-0.3, -0.25) is 14.3 Å². The van der Waals surface area contributed by atoms with Crippen molar-refractivity contribution in [1.82, 2.24) is 24.3 Å². The molecular formula is C19H14ClFN6O3S. The largest absolute Gasteiger partial charge is 0.442 e. The Bertz CT molecular complexity index is 1350. The van der Waals surface area contributed by atoms with E-state index in [-0.39, 0.29) is 28.1 Å². The first-order valence-corrected chi connectivity index (χ1v) is 10.0. The van der Waals surface area contributed by atoms with Gasteiger partial charge in [-0.1, -0.05) is 22.9 Å². The van der Waals surface area contributed by atoms with E-state index >= 15 is 0 Å². The predicted molar refractivity (Wildman–Crippen MR) is 112 cm³/mol. The zero-order valence-electron chi connectivity index (χ0n) is 16.0. The highest BCUT2D eigenvalue weighted by molar-refractivity contribution is 7.15. The number of rotatable bonds is 6. The van der Waals surface area contributed by atoms with E-state index in [0.29, 0.717) is 16.4 Å². The fourth-order valence-corrected chi connectivity index (χ4v) is 3.68. The van der Waals surface area contributed by atoms with Crippen LogP contribution in [0.3, 0.4) is 0 Å². The van der Waals surface area contributed by atoms with Crippen molar-refractivity contribution >= 4 is 28.8 Å². The molecule has 3 heterocycles. The van der Waals surface area contributed by atoms with Crippen LogP contribution in [-0.2, 0) is 6.54 Å². The molecule has 4 rings (SSSR count). The van der Waals surface area contributed by atoms with Gasteiger partial charge in [-0.2, -0.15) is 9.78 Å². The number of nitrogens with zero attached hydrogens (tertiary/aromatic N) is 5. The molecule has 0 fully saturated rings. The molecule has 0 spiro atoms. The van der Waals surface area contributed by atoms with E-state index in [4.69, 9.17) is 22.1 Å². The summed E-state index contributed by atoms with van der Waals surface area (Å²) in [6.07, 6.45) is 2.87. The van der Waals surface area contributed by atoms with Crippen LogP contribution in [0, 0.1) is 12.7 Å². The number of nitrogens with two attached hydrogens (primary N) is 1. The van der Waals surface area contributed by atoms with Crippen LogP contribution in [0.4, 0.5) is 4.39 Å². The Labute approximate surface area is 183 Å². The standard InChI is InChI=1S/C19H14ClFN6O3S/c1-10-18(31-17(25-10)16(22)28)30-15-3-2-13(7-14(15)21)27-19(29)26(9-24-27)8-12-6-11(20)4-5-23-12/h2-7,9H,8H2,1H3,(H2,22,28). The van der Waals surface area contributed by atoms with E-state index < -0.39 is 17.4 Å². The molecule has 0 aliphatic heterocycles. The molecule has 1 amide bonds. The lowest BCUT2D eigenvalue weighted by Crippen LogP contribution is -2.24. The van der Waals surface area contributed by atoms with Crippen molar-refractivity contribution in [3.05, 3.63) is 80.6 Å². The molecule has 0 bridgehead atoms. The fourth-order valence-electron chi connectivity index (χ4n) is 2.72. The van der Waals surface area contributed by atoms with Gasteiger partial charge in [0.2, 0.25) is 5.06 Å². The van der Waals surface area contributed by atoms with E-state index in [1.807, 2.05) is 0 Å². The number of thiazole rings is 1. The van der Waals surface area contributed by atoms with Crippen LogP contribution < -0.4 is 16.2 Å². The van der Waals surface area contributed by atoms with Crippen molar-refractivity contribution in [2.24, 2.45) is 5.73 Å². The second-order valence-corrected chi connectivity index (χ2v) is 7.79. The average Bonchev–Trinajstić information content (AvgIpc) is 3.27. The summed E-state index contributed by atoms with van der Waals surface area (Å²) in [4.78, 5) is 32.0. The van der Waals surface area contributed by atoms with Gasteiger partial charge in [-0.25, -0.2) is 14.2 Å². The topological polar surface area (TPSA) is 118 Å². The normalized spacial score (nSPS) is 10.9. The molecule has 0 unspecified atom stereocenters. The third kappa shape index (κ3) is 4.32. The summed E-state index contributed by atoms with van der Waals surface area (Å²) in [6, 6.07) is 7.24. The molecule has 4 aromatic rings. The molecule has 0 aliphatic carbocycles. The molecule has 31 heavy (non-hydrogen) atoms. The molecule has 0 radical (unpaired) electrons. The number of amides is 1. The molecule has 0 aliphatic rings. The van der Waals surface area contributed by atoms with Crippen LogP contribution in [0.5, 0.6) is 10.8 Å². The molecule has 1 aromatic carbocycles. The summed E-state index contributed by atoms with van der Waals surface area (Å²) in [5.74, 6) is -1.51. The zero-order valence-corrected chi connectivity index (χ0v) is 17.5. The van der Waals surface area contributed by atoms with Gasteiger partial charge in [0, 0.05) is 17.3 Å². The Hall–Kier alpha value is -3.57. The maximum atomic E-state index is 14.6. The first-order valence-electron chi connectivity index (χ1n) is 8.81. The molecule has 3 aromatic heterocycles. The van der Waals surface area contributed by atoms with Gasteiger partial charge in [0.15, 0.2) is 16.6 Å². The second kappa shape index (κ2) is 8.28. The first-order chi connectivity index (χ1) is 14.8. The highest BCUT2D eigenvalue weighted by atomic mass is 35.5. The number of hydrogen-bond acceptors (Lipinski definition) is 7. The number of benzene rings is 1. The first kappa shape index (κ1) is 20.7. The van der Waals surface area contributed by atoms with Gasteiger partial charge >= 0.3 is 5.69 Å². The lowest BCUT2D eigenvalue weighted by Gasteiger charge is -2.07.